The van der Waals surface area contributed by atoms with Crippen molar-refractivity contribution in [3.63, 3.8) is 0 Å². The van der Waals surface area contributed by atoms with E-state index in [2.05, 4.69) is 15.4 Å². The summed E-state index contributed by atoms with van der Waals surface area (Å²) in [5, 5.41) is 7.03. The molecule has 6 nitrogen and oxygen atoms in total. The van der Waals surface area contributed by atoms with Crippen LogP contribution in [0.2, 0.25) is 0 Å². The van der Waals surface area contributed by atoms with Crippen LogP contribution in [0, 0.1) is 5.92 Å². The van der Waals surface area contributed by atoms with Gasteiger partial charge in [-0.3, -0.25) is 10.1 Å². The van der Waals surface area contributed by atoms with Crippen LogP contribution in [0.3, 0.4) is 0 Å². The van der Waals surface area contributed by atoms with E-state index in [-0.39, 0.29) is 17.9 Å². The van der Waals surface area contributed by atoms with E-state index in [1.54, 1.807) is 10.7 Å². The Hall–Kier alpha value is -1.95. The van der Waals surface area contributed by atoms with Crippen molar-refractivity contribution in [2.24, 2.45) is 5.92 Å². The maximum Gasteiger partial charge on any atom is 0.249 e. The van der Waals surface area contributed by atoms with Gasteiger partial charge in [-0.25, -0.2) is 4.52 Å². The van der Waals surface area contributed by atoms with Crippen molar-refractivity contribution in [2.45, 2.75) is 32.3 Å². The molecule has 6 heteroatoms. The number of pyridine rings is 1. The average Bonchev–Trinajstić information content (AvgIpc) is 2.89. The zero-order valence-corrected chi connectivity index (χ0v) is 11.5. The molecule has 106 valence electrons. The van der Waals surface area contributed by atoms with Gasteiger partial charge < -0.3 is 4.74 Å². The number of nitrogens with one attached hydrogen (secondary N) is 1. The molecule has 0 spiro atoms. The van der Waals surface area contributed by atoms with Crippen LogP contribution in [0.5, 0.6) is 0 Å². The van der Waals surface area contributed by atoms with Crippen molar-refractivity contribution in [3.05, 3.63) is 24.4 Å². The van der Waals surface area contributed by atoms with Gasteiger partial charge >= 0.3 is 0 Å². The molecule has 2 atom stereocenters. The van der Waals surface area contributed by atoms with Gasteiger partial charge in [-0.2, -0.15) is 4.98 Å². The maximum absolute atomic E-state index is 12.3. The first-order chi connectivity index (χ1) is 9.78. The third-order valence-electron chi connectivity index (χ3n) is 3.66. The summed E-state index contributed by atoms with van der Waals surface area (Å²) in [4.78, 5) is 16.6. The number of carbonyl (C=O) groups is 1. The SMILES string of the molecule is CC[C@@H]1OCCC[C@@H]1C(=O)Nc1nc2ccccn2n1. The Morgan fingerprint density at radius 1 is 1.55 bits per heavy atom. The van der Waals surface area contributed by atoms with E-state index in [1.165, 1.54) is 0 Å². The van der Waals surface area contributed by atoms with Gasteiger partial charge in [0.15, 0.2) is 5.65 Å². The van der Waals surface area contributed by atoms with Crippen LogP contribution in [-0.4, -0.2) is 33.2 Å². The molecule has 0 aromatic carbocycles. The molecular formula is C14H18N4O2. The molecule has 0 aliphatic carbocycles. The molecule has 20 heavy (non-hydrogen) atoms. The summed E-state index contributed by atoms with van der Waals surface area (Å²) < 4.78 is 7.29. The van der Waals surface area contributed by atoms with Crippen molar-refractivity contribution in [1.82, 2.24) is 14.6 Å². The smallest absolute Gasteiger partial charge is 0.249 e. The largest absolute Gasteiger partial charge is 0.377 e. The van der Waals surface area contributed by atoms with Crippen LogP contribution in [0.15, 0.2) is 24.4 Å². The zero-order valence-electron chi connectivity index (χ0n) is 11.5. The van der Waals surface area contributed by atoms with Crippen LogP contribution in [0.1, 0.15) is 26.2 Å². The first-order valence-corrected chi connectivity index (χ1v) is 7.02. The third-order valence-corrected chi connectivity index (χ3v) is 3.66. The molecule has 1 saturated heterocycles. The molecule has 1 aliphatic rings. The molecule has 2 aromatic rings. The Morgan fingerprint density at radius 2 is 2.45 bits per heavy atom. The summed E-state index contributed by atoms with van der Waals surface area (Å²) in [6.45, 7) is 2.79. The predicted octanol–water partition coefficient (Wildman–Crippen LogP) is 1.87. The van der Waals surface area contributed by atoms with Crippen LogP contribution >= 0.6 is 0 Å². The van der Waals surface area contributed by atoms with E-state index >= 15 is 0 Å². The van der Waals surface area contributed by atoms with Gasteiger partial charge in [-0.05, 0) is 31.4 Å². The van der Waals surface area contributed by atoms with Crippen molar-refractivity contribution >= 4 is 17.5 Å². The third kappa shape index (κ3) is 2.51. The topological polar surface area (TPSA) is 68.5 Å². The number of hydrogen-bond donors (Lipinski definition) is 1. The summed E-state index contributed by atoms with van der Waals surface area (Å²) in [6.07, 6.45) is 4.43. The van der Waals surface area contributed by atoms with E-state index < -0.39 is 0 Å². The summed E-state index contributed by atoms with van der Waals surface area (Å²) in [5.41, 5.74) is 0.717. The molecule has 0 saturated carbocycles. The number of aromatic nitrogens is 3. The fourth-order valence-corrected chi connectivity index (χ4v) is 2.63. The van der Waals surface area contributed by atoms with Crippen molar-refractivity contribution < 1.29 is 9.53 Å². The van der Waals surface area contributed by atoms with Gasteiger partial charge in [0.05, 0.1) is 12.0 Å². The fourth-order valence-electron chi connectivity index (χ4n) is 2.63. The Morgan fingerprint density at radius 3 is 3.25 bits per heavy atom. The molecular weight excluding hydrogens is 256 g/mol. The number of ether oxygens (including phenoxy) is 1. The molecule has 3 heterocycles. The Kier molecular flexibility index (Phi) is 3.64. The molecule has 1 aliphatic heterocycles. The van der Waals surface area contributed by atoms with Gasteiger partial charge in [-0.1, -0.05) is 13.0 Å². The predicted molar refractivity (Wildman–Crippen MR) is 74.4 cm³/mol. The molecule has 1 fully saturated rings. The minimum atomic E-state index is -0.111. The summed E-state index contributed by atoms with van der Waals surface area (Å²) in [6, 6.07) is 5.61. The number of hydrogen-bond acceptors (Lipinski definition) is 4. The lowest BCUT2D eigenvalue weighted by Gasteiger charge is -2.29. The second-order valence-corrected chi connectivity index (χ2v) is 4.99. The minimum Gasteiger partial charge on any atom is -0.377 e. The first-order valence-electron chi connectivity index (χ1n) is 7.02. The van der Waals surface area contributed by atoms with Crippen molar-refractivity contribution in [3.8, 4) is 0 Å². The number of rotatable bonds is 3. The Labute approximate surface area is 117 Å². The maximum atomic E-state index is 12.3. The van der Waals surface area contributed by atoms with E-state index in [0.29, 0.717) is 5.95 Å². The van der Waals surface area contributed by atoms with E-state index in [4.69, 9.17) is 4.74 Å². The van der Waals surface area contributed by atoms with Gasteiger partial charge in [0.2, 0.25) is 11.9 Å². The molecule has 2 aromatic heterocycles. The molecule has 0 unspecified atom stereocenters. The molecule has 1 N–H and O–H groups in total. The lowest BCUT2D eigenvalue weighted by molar-refractivity contribution is -0.129. The molecule has 0 radical (unpaired) electrons. The van der Waals surface area contributed by atoms with Gasteiger partial charge in [0.1, 0.15) is 0 Å². The lowest BCUT2D eigenvalue weighted by Crippen LogP contribution is -2.38. The lowest BCUT2D eigenvalue weighted by atomic mass is 9.92. The van der Waals surface area contributed by atoms with E-state index in [1.807, 2.05) is 25.1 Å². The molecule has 3 rings (SSSR count). The highest BCUT2D eigenvalue weighted by atomic mass is 16.5. The Bertz CT molecular complexity index is 577. The van der Waals surface area contributed by atoms with Gasteiger partial charge in [0, 0.05) is 12.8 Å². The van der Waals surface area contributed by atoms with Crippen LogP contribution in [-0.2, 0) is 9.53 Å². The summed E-state index contributed by atoms with van der Waals surface area (Å²) >= 11 is 0. The quantitative estimate of drug-likeness (QED) is 0.927. The zero-order chi connectivity index (χ0) is 13.9. The minimum absolute atomic E-state index is 0.000724. The number of anilines is 1. The number of amides is 1. The van der Waals surface area contributed by atoms with Crippen molar-refractivity contribution in [2.75, 3.05) is 11.9 Å². The standard InChI is InChI=1S/C14H18N4O2/c1-2-11-10(6-5-9-20-11)13(19)16-14-15-12-7-3-4-8-18(12)17-14/h3-4,7-8,10-11H,2,5-6,9H2,1H3,(H,16,17,19)/t10-,11-/m0/s1. The Balaban J connectivity index is 1.74. The number of nitrogens with zero attached hydrogens (tertiary/aromatic N) is 3. The van der Waals surface area contributed by atoms with Gasteiger partial charge in [-0.15, -0.1) is 5.10 Å². The molecule has 1 amide bonds. The van der Waals surface area contributed by atoms with Crippen LogP contribution in [0.25, 0.3) is 5.65 Å². The summed E-state index contributed by atoms with van der Waals surface area (Å²) in [7, 11) is 0. The highest BCUT2D eigenvalue weighted by Crippen LogP contribution is 2.24. The number of fused-ring (bicyclic) bond motifs is 1. The van der Waals surface area contributed by atoms with Crippen LogP contribution < -0.4 is 5.32 Å². The van der Waals surface area contributed by atoms with E-state index in [9.17, 15) is 4.79 Å². The second kappa shape index (κ2) is 5.58. The van der Waals surface area contributed by atoms with Crippen molar-refractivity contribution in [1.29, 1.82) is 0 Å². The highest BCUT2D eigenvalue weighted by Gasteiger charge is 2.31. The summed E-state index contributed by atoms with van der Waals surface area (Å²) in [5.74, 6) is 0.189. The number of carbonyl (C=O) groups excluding carboxylic acids is 1. The highest BCUT2D eigenvalue weighted by molar-refractivity contribution is 5.91. The van der Waals surface area contributed by atoms with Gasteiger partial charge in [0.25, 0.3) is 0 Å². The normalized spacial score (nSPS) is 22.9. The average molecular weight is 274 g/mol. The fraction of sp³-hybridized carbons (Fsp3) is 0.500. The van der Waals surface area contributed by atoms with E-state index in [0.717, 1.165) is 31.5 Å². The van der Waals surface area contributed by atoms with Crippen LogP contribution in [0.4, 0.5) is 5.95 Å². The second-order valence-electron chi connectivity index (χ2n) is 4.99. The molecule has 0 bridgehead atoms. The monoisotopic (exact) mass is 274 g/mol. The first kappa shape index (κ1) is 13.1.